The zero-order valence-electron chi connectivity index (χ0n) is 13.5. The van der Waals surface area contributed by atoms with Gasteiger partial charge in [0.15, 0.2) is 0 Å². The van der Waals surface area contributed by atoms with Crippen molar-refractivity contribution in [3.63, 3.8) is 0 Å². The van der Waals surface area contributed by atoms with Crippen LogP contribution in [0.5, 0.6) is 0 Å². The highest BCUT2D eigenvalue weighted by Crippen LogP contribution is 2.42. The highest BCUT2D eigenvalue weighted by molar-refractivity contribution is 6.48. The number of hydrogen-bond donors (Lipinski definition) is 1. The molecule has 1 fully saturated rings. The molecule has 0 amide bonds. The minimum Gasteiger partial charge on any atom is -0.481 e. The van der Waals surface area contributed by atoms with Gasteiger partial charge >= 0.3 is 13.1 Å². The van der Waals surface area contributed by atoms with Crippen LogP contribution >= 0.6 is 0 Å². The molecule has 21 heavy (non-hydrogen) atoms. The van der Waals surface area contributed by atoms with E-state index in [1.807, 2.05) is 47.9 Å². The second-order valence-corrected chi connectivity index (χ2v) is 6.67. The minimum absolute atomic E-state index is 0.0522. The Balaban J connectivity index is 2.34. The molecular weight excluding hydrogens is 271 g/mol. The van der Waals surface area contributed by atoms with Gasteiger partial charge in [0.2, 0.25) is 0 Å². The van der Waals surface area contributed by atoms with Gasteiger partial charge in [-0.3, -0.25) is 9.48 Å². The lowest BCUT2D eigenvalue weighted by Gasteiger charge is -2.32. The average Bonchev–Trinajstić information content (AvgIpc) is 2.72. The highest BCUT2D eigenvalue weighted by Gasteiger charge is 2.54. The lowest BCUT2D eigenvalue weighted by molar-refractivity contribution is -0.137. The van der Waals surface area contributed by atoms with Crippen LogP contribution in [0.2, 0.25) is 0 Å². The zero-order valence-corrected chi connectivity index (χ0v) is 13.5. The Morgan fingerprint density at radius 3 is 2.29 bits per heavy atom. The molecule has 0 bridgehead atoms. The molecular formula is C14H23BN2O4. The van der Waals surface area contributed by atoms with Crippen molar-refractivity contribution in [3.05, 3.63) is 17.5 Å². The molecule has 2 rings (SSSR count). The fourth-order valence-electron chi connectivity index (χ4n) is 2.58. The summed E-state index contributed by atoms with van der Waals surface area (Å²) >= 11 is 0. The van der Waals surface area contributed by atoms with Gasteiger partial charge < -0.3 is 14.4 Å². The number of rotatable bonds is 4. The van der Waals surface area contributed by atoms with Crippen LogP contribution in [0.3, 0.4) is 0 Å². The first-order valence-electron chi connectivity index (χ1n) is 7.11. The molecule has 0 aromatic carbocycles. The van der Waals surface area contributed by atoms with Crippen molar-refractivity contribution >= 4 is 13.1 Å². The number of aliphatic carboxylic acids is 1. The molecule has 1 atom stereocenters. The lowest BCUT2D eigenvalue weighted by Crippen LogP contribution is -2.41. The van der Waals surface area contributed by atoms with Crippen molar-refractivity contribution in [2.75, 3.05) is 0 Å². The topological polar surface area (TPSA) is 73.6 Å². The molecule has 1 aromatic heterocycles. The molecule has 0 radical (unpaired) electrons. The Morgan fingerprint density at radius 1 is 1.38 bits per heavy atom. The van der Waals surface area contributed by atoms with E-state index >= 15 is 0 Å². The first-order chi connectivity index (χ1) is 9.53. The predicted molar refractivity (Wildman–Crippen MR) is 79.0 cm³/mol. The summed E-state index contributed by atoms with van der Waals surface area (Å²) in [5, 5.41) is 13.5. The third-order valence-corrected chi connectivity index (χ3v) is 4.45. The summed E-state index contributed by atoms with van der Waals surface area (Å²) in [6.45, 7) is 9.71. The molecule has 0 saturated carbocycles. The first kappa shape index (κ1) is 16.0. The van der Waals surface area contributed by atoms with E-state index in [0.717, 1.165) is 11.3 Å². The summed E-state index contributed by atoms with van der Waals surface area (Å²) in [5.74, 6) is -1.25. The van der Waals surface area contributed by atoms with Crippen molar-refractivity contribution in [1.29, 1.82) is 0 Å². The molecule has 6 nitrogen and oxygen atoms in total. The van der Waals surface area contributed by atoms with Crippen LogP contribution in [0.25, 0.3) is 0 Å². The van der Waals surface area contributed by atoms with Crippen LogP contribution in [0, 0.1) is 6.92 Å². The van der Waals surface area contributed by atoms with Crippen molar-refractivity contribution in [2.45, 2.75) is 58.1 Å². The van der Waals surface area contributed by atoms with Crippen LogP contribution in [-0.2, 0) is 21.2 Å². The SMILES string of the molecule is Cc1nn(C)cc1C(CC(=O)O)B1OC(C)(C)C(C)(C)O1. The highest BCUT2D eigenvalue weighted by atomic mass is 16.7. The summed E-state index contributed by atoms with van der Waals surface area (Å²) in [6.07, 6.45) is 1.79. The summed E-state index contributed by atoms with van der Waals surface area (Å²) in [6, 6.07) is 0. The second kappa shape index (κ2) is 5.14. The number of carboxylic acid groups (broad SMARTS) is 1. The Morgan fingerprint density at radius 2 is 1.90 bits per heavy atom. The van der Waals surface area contributed by atoms with E-state index in [-0.39, 0.29) is 12.2 Å². The van der Waals surface area contributed by atoms with Crippen molar-refractivity contribution < 1.29 is 19.2 Å². The number of aryl methyl sites for hydroxylation is 2. The van der Waals surface area contributed by atoms with Crippen LogP contribution in [0.15, 0.2) is 6.20 Å². The number of carboxylic acids is 1. The summed E-state index contributed by atoms with van der Waals surface area (Å²) in [4.78, 5) is 11.2. The van der Waals surface area contributed by atoms with Crippen LogP contribution in [0.4, 0.5) is 0 Å². The Kier molecular flexibility index (Phi) is 3.93. The third-order valence-electron chi connectivity index (χ3n) is 4.45. The molecule has 7 heteroatoms. The summed E-state index contributed by atoms with van der Waals surface area (Å²) in [7, 11) is 1.23. The van der Waals surface area contributed by atoms with E-state index < -0.39 is 24.3 Å². The van der Waals surface area contributed by atoms with Crippen LogP contribution in [0.1, 0.15) is 51.2 Å². The van der Waals surface area contributed by atoms with Gasteiger partial charge in [0, 0.05) is 19.1 Å². The van der Waals surface area contributed by atoms with E-state index in [1.54, 1.807) is 4.68 Å². The fourth-order valence-corrected chi connectivity index (χ4v) is 2.58. The average molecular weight is 294 g/mol. The maximum absolute atomic E-state index is 11.2. The van der Waals surface area contributed by atoms with Gasteiger partial charge in [0.25, 0.3) is 0 Å². The molecule has 1 aliphatic heterocycles. The maximum atomic E-state index is 11.2. The predicted octanol–water partition coefficient (Wildman–Crippen LogP) is 1.92. The van der Waals surface area contributed by atoms with Crippen molar-refractivity contribution in [1.82, 2.24) is 9.78 Å². The van der Waals surface area contributed by atoms with E-state index in [2.05, 4.69) is 5.10 Å². The van der Waals surface area contributed by atoms with Gasteiger partial charge in [0.1, 0.15) is 0 Å². The van der Waals surface area contributed by atoms with E-state index in [1.165, 1.54) is 0 Å². The number of aromatic nitrogens is 2. The normalized spacial score (nSPS) is 21.5. The van der Waals surface area contributed by atoms with Gasteiger partial charge in [0.05, 0.1) is 23.3 Å². The smallest absolute Gasteiger partial charge is 0.466 e. The Bertz CT molecular complexity index is 537. The number of nitrogens with zero attached hydrogens (tertiary/aromatic N) is 2. The van der Waals surface area contributed by atoms with Gasteiger partial charge in [-0.1, -0.05) is 0 Å². The maximum Gasteiger partial charge on any atom is 0.466 e. The lowest BCUT2D eigenvalue weighted by atomic mass is 9.66. The first-order valence-corrected chi connectivity index (χ1v) is 7.11. The monoisotopic (exact) mass is 294 g/mol. The van der Waals surface area contributed by atoms with Gasteiger partial charge in [-0.25, -0.2) is 0 Å². The zero-order chi connectivity index (χ0) is 16.0. The van der Waals surface area contributed by atoms with E-state index in [0.29, 0.717) is 0 Å². The van der Waals surface area contributed by atoms with Gasteiger partial charge in [-0.05, 0) is 40.2 Å². The Hall–Kier alpha value is -1.34. The summed E-state index contributed by atoms with van der Waals surface area (Å²) < 4.78 is 13.7. The fraction of sp³-hybridized carbons (Fsp3) is 0.714. The van der Waals surface area contributed by atoms with Gasteiger partial charge in [-0.2, -0.15) is 5.10 Å². The molecule has 1 N–H and O–H groups in total. The molecule has 1 aromatic rings. The molecule has 1 saturated heterocycles. The van der Waals surface area contributed by atoms with Crippen molar-refractivity contribution in [3.8, 4) is 0 Å². The molecule has 116 valence electrons. The second-order valence-electron chi connectivity index (χ2n) is 6.67. The molecule has 2 heterocycles. The molecule has 0 spiro atoms. The Labute approximate surface area is 125 Å². The standard InChI is InChI=1S/C14H23BN2O4/c1-9-10(8-17(6)16-9)11(7-12(18)19)15-20-13(2,3)14(4,5)21-15/h8,11H,7H2,1-6H3,(H,18,19). The minimum atomic E-state index is -0.877. The van der Waals surface area contributed by atoms with E-state index in [4.69, 9.17) is 9.31 Å². The number of hydrogen-bond acceptors (Lipinski definition) is 4. The van der Waals surface area contributed by atoms with Gasteiger partial charge in [-0.15, -0.1) is 0 Å². The largest absolute Gasteiger partial charge is 0.481 e. The van der Waals surface area contributed by atoms with Crippen LogP contribution in [-0.4, -0.2) is 39.2 Å². The molecule has 0 aliphatic carbocycles. The summed E-state index contributed by atoms with van der Waals surface area (Å²) in [5.41, 5.74) is 0.701. The number of carbonyl (C=O) groups is 1. The van der Waals surface area contributed by atoms with E-state index in [9.17, 15) is 9.90 Å². The quantitative estimate of drug-likeness (QED) is 0.859. The van der Waals surface area contributed by atoms with Crippen molar-refractivity contribution in [2.24, 2.45) is 7.05 Å². The molecule has 1 aliphatic rings. The third kappa shape index (κ3) is 2.99. The molecule has 1 unspecified atom stereocenters. The van der Waals surface area contributed by atoms with Crippen LogP contribution < -0.4 is 0 Å².